The zero-order chi connectivity index (χ0) is 16.4. The van der Waals surface area contributed by atoms with E-state index in [1.54, 1.807) is 26.3 Å². The zero-order valence-electron chi connectivity index (χ0n) is 12.9. The smallest absolute Gasteiger partial charge is 0.335 e. The van der Waals surface area contributed by atoms with Gasteiger partial charge in [0.05, 0.1) is 25.4 Å². The molecule has 1 rings (SSSR count). The van der Waals surface area contributed by atoms with Gasteiger partial charge in [0.25, 0.3) is 0 Å². The van der Waals surface area contributed by atoms with E-state index in [1.807, 2.05) is 0 Å². The number of carbonyl (C=O) groups is 2. The first-order valence-electron chi connectivity index (χ1n) is 6.92. The Balaban J connectivity index is 2.28. The Hall–Kier alpha value is -2.12. The molecule has 0 aliphatic carbocycles. The summed E-state index contributed by atoms with van der Waals surface area (Å²) < 4.78 is 10.1. The molecule has 2 N–H and O–H groups in total. The minimum absolute atomic E-state index is 0.211. The molecule has 122 valence electrons. The third-order valence-corrected chi connectivity index (χ3v) is 2.99. The molecule has 7 heteroatoms. The number of urea groups is 1. The van der Waals surface area contributed by atoms with Gasteiger partial charge in [-0.05, 0) is 17.7 Å². The van der Waals surface area contributed by atoms with Crippen LogP contribution in [0.2, 0.25) is 0 Å². The Morgan fingerprint density at radius 3 is 2.45 bits per heavy atom. The van der Waals surface area contributed by atoms with Crippen molar-refractivity contribution in [3.05, 3.63) is 35.4 Å². The molecule has 0 heterocycles. The number of rotatable bonds is 9. The maximum atomic E-state index is 11.9. The lowest BCUT2D eigenvalue weighted by molar-refractivity contribution is 0.0637. The number of aromatic carboxylic acids is 1. The van der Waals surface area contributed by atoms with Gasteiger partial charge >= 0.3 is 12.0 Å². The van der Waals surface area contributed by atoms with Crippen LogP contribution in [0.5, 0.6) is 0 Å². The summed E-state index contributed by atoms with van der Waals surface area (Å²) in [6, 6.07) is 6.17. The minimum atomic E-state index is -0.969. The second-order valence-corrected chi connectivity index (χ2v) is 4.69. The Morgan fingerprint density at radius 1 is 1.18 bits per heavy atom. The number of ether oxygens (including phenoxy) is 2. The Bertz CT molecular complexity index is 475. The highest BCUT2D eigenvalue weighted by Gasteiger charge is 2.08. The van der Waals surface area contributed by atoms with Gasteiger partial charge in [0.15, 0.2) is 0 Å². The van der Waals surface area contributed by atoms with Gasteiger partial charge in [-0.2, -0.15) is 0 Å². The fraction of sp³-hybridized carbons (Fsp3) is 0.467. The number of carbonyl (C=O) groups excluding carboxylic acids is 1. The molecule has 0 unspecified atom stereocenters. The molecule has 0 aliphatic heterocycles. The first-order valence-corrected chi connectivity index (χ1v) is 6.92. The van der Waals surface area contributed by atoms with Crippen molar-refractivity contribution in [3.63, 3.8) is 0 Å². The van der Waals surface area contributed by atoms with E-state index in [4.69, 9.17) is 14.6 Å². The van der Waals surface area contributed by atoms with Gasteiger partial charge in [0, 0.05) is 27.2 Å². The van der Waals surface area contributed by atoms with Crippen molar-refractivity contribution in [1.29, 1.82) is 0 Å². The zero-order valence-corrected chi connectivity index (χ0v) is 12.9. The third kappa shape index (κ3) is 6.55. The topological polar surface area (TPSA) is 88.1 Å². The second kappa shape index (κ2) is 9.75. The average molecular weight is 310 g/mol. The first kappa shape index (κ1) is 17.9. The summed E-state index contributed by atoms with van der Waals surface area (Å²) >= 11 is 0. The van der Waals surface area contributed by atoms with E-state index >= 15 is 0 Å². The lowest BCUT2D eigenvalue weighted by Crippen LogP contribution is -2.38. The van der Waals surface area contributed by atoms with Crippen molar-refractivity contribution in [1.82, 2.24) is 10.2 Å². The molecule has 0 aliphatic rings. The van der Waals surface area contributed by atoms with Crippen LogP contribution in [-0.2, 0) is 16.0 Å². The van der Waals surface area contributed by atoms with Crippen LogP contribution < -0.4 is 5.32 Å². The summed E-state index contributed by atoms with van der Waals surface area (Å²) in [6.45, 7) is 2.30. The number of hydrogen-bond donors (Lipinski definition) is 2. The van der Waals surface area contributed by atoms with Crippen molar-refractivity contribution in [2.75, 3.05) is 40.5 Å². The Morgan fingerprint density at radius 2 is 1.86 bits per heavy atom. The van der Waals surface area contributed by atoms with Crippen LogP contribution in [0.15, 0.2) is 24.3 Å². The number of carboxylic acids is 1. The van der Waals surface area contributed by atoms with Crippen LogP contribution in [-0.4, -0.2) is 62.5 Å². The van der Waals surface area contributed by atoms with Crippen molar-refractivity contribution in [3.8, 4) is 0 Å². The normalized spacial score (nSPS) is 10.3. The highest BCUT2D eigenvalue weighted by Crippen LogP contribution is 2.04. The number of carboxylic acid groups (broad SMARTS) is 1. The molecular weight excluding hydrogens is 288 g/mol. The van der Waals surface area contributed by atoms with Gasteiger partial charge in [0.2, 0.25) is 0 Å². The molecule has 0 fully saturated rings. The lowest BCUT2D eigenvalue weighted by Gasteiger charge is -2.18. The highest BCUT2D eigenvalue weighted by atomic mass is 16.5. The summed E-state index contributed by atoms with van der Waals surface area (Å²) in [5.41, 5.74) is 1.06. The van der Waals surface area contributed by atoms with Crippen LogP contribution in [0.25, 0.3) is 0 Å². The van der Waals surface area contributed by atoms with Gasteiger partial charge < -0.3 is 24.8 Å². The van der Waals surface area contributed by atoms with Crippen LogP contribution in [0.4, 0.5) is 4.79 Å². The van der Waals surface area contributed by atoms with Crippen molar-refractivity contribution in [2.24, 2.45) is 0 Å². The summed E-state index contributed by atoms with van der Waals surface area (Å²) in [6.07, 6.45) is 0. The van der Waals surface area contributed by atoms with Gasteiger partial charge in [-0.1, -0.05) is 12.1 Å². The molecule has 0 atom stereocenters. The first-order chi connectivity index (χ1) is 10.5. The molecule has 0 saturated carbocycles. The summed E-state index contributed by atoms with van der Waals surface area (Å²) in [7, 11) is 3.29. The fourth-order valence-electron chi connectivity index (χ4n) is 1.63. The van der Waals surface area contributed by atoms with Crippen LogP contribution in [0.1, 0.15) is 15.9 Å². The molecule has 0 radical (unpaired) electrons. The van der Waals surface area contributed by atoms with Crippen LogP contribution in [0, 0.1) is 0 Å². The summed E-state index contributed by atoms with van der Waals surface area (Å²) in [4.78, 5) is 24.1. The molecule has 22 heavy (non-hydrogen) atoms. The quantitative estimate of drug-likeness (QED) is 0.669. The Kier molecular flexibility index (Phi) is 7.95. The minimum Gasteiger partial charge on any atom is -0.478 e. The van der Waals surface area contributed by atoms with Crippen molar-refractivity contribution >= 4 is 12.0 Å². The number of benzene rings is 1. The van der Waals surface area contributed by atoms with Gasteiger partial charge in [-0.15, -0.1) is 0 Å². The molecule has 0 aromatic heterocycles. The maximum absolute atomic E-state index is 11.9. The van der Waals surface area contributed by atoms with E-state index in [-0.39, 0.29) is 11.6 Å². The van der Waals surface area contributed by atoms with Crippen molar-refractivity contribution < 1.29 is 24.2 Å². The van der Waals surface area contributed by atoms with Gasteiger partial charge in [-0.3, -0.25) is 0 Å². The average Bonchev–Trinajstić information content (AvgIpc) is 2.52. The number of methoxy groups -OCH3 is 1. The summed E-state index contributed by atoms with van der Waals surface area (Å²) in [5, 5.41) is 11.6. The highest BCUT2D eigenvalue weighted by molar-refractivity contribution is 5.87. The Labute approximate surface area is 129 Å². The third-order valence-electron chi connectivity index (χ3n) is 2.99. The van der Waals surface area contributed by atoms with Gasteiger partial charge in [-0.25, -0.2) is 9.59 Å². The maximum Gasteiger partial charge on any atom is 0.335 e. The predicted octanol–water partition coefficient (Wildman–Crippen LogP) is 1.19. The number of likely N-dealkylation sites (N-methyl/N-ethyl adjacent to an activating group) is 1. The molecule has 0 bridgehead atoms. The second-order valence-electron chi connectivity index (χ2n) is 4.69. The standard InChI is InChI=1S/C15H22N2O5/c1-17(7-8-22-10-9-21-2)15(20)16-11-12-3-5-13(6-4-12)14(18)19/h3-6H,7-11H2,1-2H3,(H,16,20)(H,18,19). The summed E-state index contributed by atoms with van der Waals surface area (Å²) in [5.74, 6) is -0.969. The van der Waals surface area contributed by atoms with E-state index in [0.717, 1.165) is 5.56 Å². The van der Waals surface area contributed by atoms with E-state index < -0.39 is 5.97 Å². The molecule has 7 nitrogen and oxygen atoms in total. The van der Waals surface area contributed by atoms with Gasteiger partial charge in [0.1, 0.15) is 0 Å². The van der Waals surface area contributed by atoms with Crippen molar-refractivity contribution in [2.45, 2.75) is 6.54 Å². The fourth-order valence-corrected chi connectivity index (χ4v) is 1.63. The molecule has 0 spiro atoms. The molecule has 2 amide bonds. The van der Waals surface area contributed by atoms with E-state index in [2.05, 4.69) is 5.32 Å². The lowest BCUT2D eigenvalue weighted by atomic mass is 10.1. The number of nitrogens with zero attached hydrogens (tertiary/aromatic N) is 1. The number of hydrogen-bond acceptors (Lipinski definition) is 4. The SMILES string of the molecule is COCCOCCN(C)C(=O)NCc1ccc(C(=O)O)cc1. The van der Waals surface area contributed by atoms with Crippen LogP contribution in [0.3, 0.4) is 0 Å². The van der Waals surface area contributed by atoms with Crippen LogP contribution >= 0.6 is 0 Å². The number of amides is 2. The monoisotopic (exact) mass is 310 g/mol. The number of nitrogens with one attached hydrogen (secondary N) is 1. The van der Waals surface area contributed by atoms with E-state index in [9.17, 15) is 9.59 Å². The predicted molar refractivity (Wildman–Crippen MR) is 81.0 cm³/mol. The molecular formula is C15H22N2O5. The molecule has 1 aromatic carbocycles. The van der Waals surface area contributed by atoms with E-state index in [1.165, 1.54) is 17.0 Å². The molecule has 0 saturated heterocycles. The molecule has 1 aromatic rings. The van der Waals surface area contributed by atoms with E-state index in [0.29, 0.717) is 32.9 Å². The largest absolute Gasteiger partial charge is 0.478 e.